The summed E-state index contributed by atoms with van der Waals surface area (Å²) in [7, 11) is 0. The second-order valence-electron chi connectivity index (χ2n) is 4.55. The van der Waals surface area contributed by atoms with Crippen molar-refractivity contribution in [3.05, 3.63) is 23.9 Å². The first-order valence-electron chi connectivity index (χ1n) is 5.73. The van der Waals surface area contributed by atoms with E-state index in [4.69, 9.17) is 10.5 Å². The minimum atomic E-state index is -0.228. The zero-order valence-corrected chi connectivity index (χ0v) is 9.90. The molecule has 1 aliphatic rings. The molecule has 1 aliphatic heterocycles. The lowest BCUT2D eigenvalue weighted by Crippen LogP contribution is -2.40. The SMILES string of the molecule is CC1(CNC(=O)c2ccnc(N)c2)CCCO1. The van der Waals surface area contributed by atoms with E-state index in [0.29, 0.717) is 17.9 Å². The number of amides is 1. The van der Waals surface area contributed by atoms with E-state index in [1.807, 2.05) is 6.92 Å². The standard InChI is InChI=1S/C12H17N3O2/c1-12(4-2-6-17-12)8-15-11(16)9-3-5-14-10(13)7-9/h3,5,7H,2,4,6,8H2,1H3,(H2,13,14)(H,15,16). The van der Waals surface area contributed by atoms with E-state index in [1.165, 1.54) is 6.20 Å². The Kier molecular flexibility index (Phi) is 3.28. The Labute approximate surface area is 100 Å². The quantitative estimate of drug-likeness (QED) is 0.818. The number of rotatable bonds is 3. The smallest absolute Gasteiger partial charge is 0.251 e. The number of nitrogen functional groups attached to an aromatic ring is 1. The highest BCUT2D eigenvalue weighted by atomic mass is 16.5. The molecule has 0 radical (unpaired) electrons. The van der Waals surface area contributed by atoms with Crippen LogP contribution in [0.3, 0.4) is 0 Å². The van der Waals surface area contributed by atoms with Crippen LogP contribution in [-0.2, 0) is 4.74 Å². The minimum absolute atomic E-state index is 0.143. The molecule has 92 valence electrons. The summed E-state index contributed by atoms with van der Waals surface area (Å²) >= 11 is 0. The van der Waals surface area contributed by atoms with Gasteiger partial charge in [-0.2, -0.15) is 0 Å². The third kappa shape index (κ3) is 2.94. The maximum Gasteiger partial charge on any atom is 0.251 e. The monoisotopic (exact) mass is 235 g/mol. The third-order valence-corrected chi connectivity index (χ3v) is 2.97. The molecular weight excluding hydrogens is 218 g/mol. The molecule has 0 bridgehead atoms. The molecule has 0 aromatic carbocycles. The molecule has 5 nitrogen and oxygen atoms in total. The average Bonchev–Trinajstić information content (AvgIpc) is 2.74. The summed E-state index contributed by atoms with van der Waals surface area (Å²) in [5.41, 5.74) is 5.82. The lowest BCUT2D eigenvalue weighted by Gasteiger charge is -2.23. The molecule has 5 heteroatoms. The largest absolute Gasteiger partial charge is 0.384 e. The Morgan fingerprint density at radius 3 is 3.18 bits per heavy atom. The lowest BCUT2D eigenvalue weighted by molar-refractivity contribution is 0.0206. The number of nitrogens with one attached hydrogen (secondary N) is 1. The number of ether oxygens (including phenoxy) is 1. The van der Waals surface area contributed by atoms with Gasteiger partial charge in [0.1, 0.15) is 5.82 Å². The van der Waals surface area contributed by atoms with Crippen LogP contribution in [0.1, 0.15) is 30.1 Å². The van der Waals surface area contributed by atoms with Crippen LogP contribution in [0.2, 0.25) is 0 Å². The van der Waals surface area contributed by atoms with Crippen LogP contribution >= 0.6 is 0 Å². The van der Waals surface area contributed by atoms with Crippen molar-refractivity contribution >= 4 is 11.7 Å². The zero-order chi connectivity index (χ0) is 12.3. The molecule has 1 aromatic heterocycles. The molecule has 0 aliphatic carbocycles. The third-order valence-electron chi connectivity index (χ3n) is 2.97. The van der Waals surface area contributed by atoms with Gasteiger partial charge in [-0.3, -0.25) is 4.79 Å². The van der Waals surface area contributed by atoms with Crippen LogP contribution in [-0.4, -0.2) is 29.6 Å². The second-order valence-corrected chi connectivity index (χ2v) is 4.55. The van der Waals surface area contributed by atoms with Crippen molar-refractivity contribution in [3.8, 4) is 0 Å². The number of pyridine rings is 1. The summed E-state index contributed by atoms with van der Waals surface area (Å²) in [6, 6.07) is 3.21. The van der Waals surface area contributed by atoms with Gasteiger partial charge in [0.05, 0.1) is 5.60 Å². The summed E-state index contributed by atoms with van der Waals surface area (Å²) in [6.07, 6.45) is 3.55. The number of carbonyl (C=O) groups excluding carboxylic acids is 1. The van der Waals surface area contributed by atoms with Crippen molar-refractivity contribution < 1.29 is 9.53 Å². The molecule has 1 atom stereocenters. The van der Waals surface area contributed by atoms with E-state index < -0.39 is 0 Å². The summed E-state index contributed by atoms with van der Waals surface area (Å²) < 4.78 is 5.60. The summed E-state index contributed by atoms with van der Waals surface area (Å²) in [4.78, 5) is 15.7. The highest BCUT2D eigenvalue weighted by Gasteiger charge is 2.30. The molecule has 2 heterocycles. The molecule has 1 fully saturated rings. The van der Waals surface area contributed by atoms with Crippen molar-refractivity contribution in [2.24, 2.45) is 0 Å². The number of carbonyl (C=O) groups is 1. The van der Waals surface area contributed by atoms with E-state index in [-0.39, 0.29) is 11.5 Å². The first-order valence-corrected chi connectivity index (χ1v) is 5.73. The lowest BCUT2D eigenvalue weighted by atomic mass is 10.0. The summed E-state index contributed by atoms with van der Waals surface area (Å²) in [6.45, 7) is 3.31. The first kappa shape index (κ1) is 11.9. The van der Waals surface area contributed by atoms with Crippen molar-refractivity contribution in [1.29, 1.82) is 0 Å². The van der Waals surface area contributed by atoms with E-state index in [1.54, 1.807) is 12.1 Å². The number of aromatic nitrogens is 1. The maximum absolute atomic E-state index is 11.8. The average molecular weight is 235 g/mol. The van der Waals surface area contributed by atoms with E-state index in [9.17, 15) is 4.79 Å². The first-order chi connectivity index (χ1) is 8.09. The van der Waals surface area contributed by atoms with Gasteiger partial charge in [-0.05, 0) is 31.9 Å². The molecule has 1 amide bonds. The second kappa shape index (κ2) is 4.71. The van der Waals surface area contributed by atoms with Crippen molar-refractivity contribution in [1.82, 2.24) is 10.3 Å². The maximum atomic E-state index is 11.8. The molecule has 0 saturated carbocycles. The van der Waals surface area contributed by atoms with Gasteiger partial charge in [0.15, 0.2) is 0 Å². The van der Waals surface area contributed by atoms with Gasteiger partial charge in [-0.15, -0.1) is 0 Å². The normalized spacial score (nSPS) is 23.6. The summed E-state index contributed by atoms with van der Waals surface area (Å²) in [5.74, 6) is 0.205. The van der Waals surface area contributed by atoms with Gasteiger partial charge in [0, 0.05) is 24.9 Å². The van der Waals surface area contributed by atoms with Crippen molar-refractivity contribution in [2.45, 2.75) is 25.4 Å². The van der Waals surface area contributed by atoms with Crippen molar-refractivity contribution in [3.63, 3.8) is 0 Å². The fourth-order valence-corrected chi connectivity index (χ4v) is 1.94. The number of hydrogen-bond donors (Lipinski definition) is 2. The van der Waals surface area contributed by atoms with Gasteiger partial charge < -0.3 is 15.8 Å². The molecule has 1 unspecified atom stereocenters. The molecule has 1 aromatic rings. The van der Waals surface area contributed by atoms with E-state index >= 15 is 0 Å². The topological polar surface area (TPSA) is 77.2 Å². The van der Waals surface area contributed by atoms with E-state index in [2.05, 4.69) is 10.3 Å². The predicted molar refractivity (Wildman–Crippen MR) is 64.6 cm³/mol. The van der Waals surface area contributed by atoms with Gasteiger partial charge in [0.2, 0.25) is 0 Å². The van der Waals surface area contributed by atoms with Crippen molar-refractivity contribution in [2.75, 3.05) is 18.9 Å². The van der Waals surface area contributed by atoms with Crippen LogP contribution in [0.4, 0.5) is 5.82 Å². The van der Waals surface area contributed by atoms with Gasteiger partial charge >= 0.3 is 0 Å². The Morgan fingerprint density at radius 2 is 2.53 bits per heavy atom. The fourth-order valence-electron chi connectivity index (χ4n) is 1.94. The Bertz CT molecular complexity index is 414. The Balaban J connectivity index is 1.93. The van der Waals surface area contributed by atoms with Gasteiger partial charge in [-0.25, -0.2) is 4.98 Å². The molecule has 0 spiro atoms. The van der Waals surface area contributed by atoms with Crippen LogP contribution < -0.4 is 11.1 Å². The van der Waals surface area contributed by atoms with Gasteiger partial charge in [-0.1, -0.05) is 0 Å². The van der Waals surface area contributed by atoms with Crippen LogP contribution in [0, 0.1) is 0 Å². The summed E-state index contributed by atoms with van der Waals surface area (Å²) in [5, 5.41) is 2.86. The molecular formula is C12H17N3O2. The van der Waals surface area contributed by atoms with E-state index in [0.717, 1.165) is 19.4 Å². The minimum Gasteiger partial charge on any atom is -0.384 e. The number of hydrogen-bond acceptors (Lipinski definition) is 4. The number of nitrogens with two attached hydrogens (primary N) is 1. The Morgan fingerprint density at radius 1 is 1.71 bits per heavy atom. The number of anilines is 1. The molecule has 17 heavy (non-hydrogen) atoms. The molecule has 3 N–H and O–H groups in total. The number of nitrogens with zero attached hydrogens (tertiary/aromatic N) is 1. The predicted octanol–water partition coefficient (Wildman–Crippen LogP) is 0.963. The van der Waals surface area contributed by atoms with Crippen LogP contribution in [0.25, 0.3) is 0 Å². The zero-order valence-electron chi connectivity index (χ0n) is 9.90. The van der Waals surface area contributed by atoms with Crippen LogP contribution in [0.5, 0.6) is 0 Å². The fraction of sp³-hybridized carbons (Fsp3) is 0.500. The Hall–Kier alpha value is -1.62. The molecule has 2 rings (SSSR count). The van der Waals surface area contributed by atoms with Crippen LogP contribution in [0.15, 0.2) is 18.3 Å². The highest BCUT2D eigenvalue weighted by molar-refractivity contribution is 5.94. The van der Waals surface area contributed by atoms with Gasteiger partial charge in [0.25, 0.3) is 5.91 Å². The highest BCUT2D eigenvalue weighted by Crippen LogP contribution is 2.23. The molecule has 1 saturated heterocycles.